The Labute approximate surface area is 105 Å². The fourth-order valence-corrected chi connectivity index (χ4v) is 2.03. The number of aliphatic hydroxyl groups excluding tert-OH is 1. The maximum absolute atomic E-state index is 11.8. The number of hydrogen-bond donors (Lipinski definition) is 2. The first kappa shape index (κ1) is 12.6. The summed E-state index contributed by atoms with van der Waals surface area (Å²) in [4.78, 5) is 24.7. The van der Waals surface area contributed by atoms with E-state index in [-0.39, 0.29) is 31.5 Å². The van der Waals surface area contributed by atoms with Crippen molar-refractivity contribution in [3.8, 4) is 0 Å². The van der Waals surface area contributed by atoms with Gasteiger partial charge in [0.1, 0.15) is 6.54 Å². The van der Waals surface area contributed by atoms with Crippen LogP contribution >= 0.6 is 0 Å². The molecule has 1 aliphatic heterocycles. The molecule has 5 nitrogen and oxygen atoms in total. The largest absolute Gasteiger partial charge is 0.396 e. The first-order valence-electron chi connectivity index (χ1n) is 5.98. The summed E-state index contributed by atoms with van der Waals surface area (Å²) in [6.07, 6.45) is 1.34. The molecule has 2 N–H and O–H groups in total. The molecule has 18 heavy (non-hydrogen) atoms. The Morgan fingerprint density at radius 3 is 2.83 bits per heavy atom. The molecule has 0 atom stereocenters. The van der Waals surface area contributed by atoms with Crippen LogP contribution in [0, 0.1) is 0 Å². The van der Waals surface area contributed by atoms with Crippen LogP contribution in [0.4, 0.5) is 5.69 Å². The first-order valence-corrected chi connectivity index (χ1v) is 5.98. The standard InChI is InChI=1S/C13H16N2O3/c16-7-3-5-10-4-1-2-6-11(10)15-9-12(17)14-8-13(15)18/h1-2,4,6,16H,3,5,7-9H2,(H,14,17). The Hall–Kier alpha value is -1.88. The number of aliphatic hydroxyl groups is 1. The summed E-state index contributed by atoms with van der Waals surface area (Å²) >= 11 is 0. The zero-order valence-electron chi connectivity index (χ0n) is 10.1. The van der Waals surface area contributed by atoms with Crippen molar-refractivity contribution in [2.24, 2.45) is 0 Å². The van der Waals surface area contributed by atoms with Gasteiger partial charge in [0, 0.05) is 12.3 Å². The van der Waals surface area contributed by atoms with Crippen LogP contribution in [0.5, 0.6) is 0 Å². The molecule has 0 saturated carbocycles. The summed E-state index contributed by atoms with van der Waals surface area (Å²) in [5.41, 5.74) is 1.75. The van der Waals surface area contributed by atoms with E-state index in [4.69, 9.17) is 5.11 Å². The molecule has 5 heteroatoms. The number of nitrogens with zero attached hydrogens (tertiary/aromatic N) is 1. The number of aryl methyl sites for hydroxylation is 1. The van der Waals surface area contributed by atoms with Gasteiger partial charge in [-0.1, -0.05) is 18.2 Å². The summed E-state index contributed by atoms with van der Waals surface area (Å²) < 4.78 is 0. The molecule has 1 fully saturated rings. The van der Waals surface area contributed by atoms with Crippen LogP contribution in [0.3, 0.4) is 0 Å². The Morgan fingerprint density at radius 2 is 2.06 bits per heavy atom. The van der Waals surface area contributed by atoms with Crippen molar-refractivity contribution in [1.82, 2.24) is 5.32 Å². The molecule has 96 valence electrons. The molecular weight excluding hydrogens is 232 g/mol. The third-order valence-electron chi connectivity index (χ3n) is 2.93. The number of hydrogen-bond acceptors (Lipinski definition) is 3. The van der Waals surface area contributed by atoms with Crippen LogP contribution in [0.25, 0.3) is 0 Å². The highest BCUT2D eigenvalue weighted by Crippen LogP contribution is 2.22. The number of piperazine rings is 1. The van der Waals surface area contributed by atoms with E-state index in [0.29, 0.717) is 12.8 Å². The first-order chi connectivity index (χ1) is 8.72. The maximum atomic E-state index is 11.8. The van der Waals surface area contributed by atoms with Crippen molar-refractivity contribution in [2.75, 3.05) is 24.6 Å². The highest BCUT2D eigenvalue weighted by atomic mass is 16.3. The van der Waals surface area contributed by atoms with Crippen LogP contribution in [0.15, 0.2) is 24.3 Å². The fraction of sp³-hybridized carbons (Fsp3) is 0.385. The molecule has 1 aromatic carbocycles. The van der Waals surface area contributed by atoms with E-state index in [1.54, 1.807) is 0 Å². The lowest BCUT2D eigenvalue weighted by Gasteiger charge is -2.28. The molecule has 0 radical (unpaired) electrons. The highest BCUT2D eigenvalue weighted by molar-refractivity contribution is 6.04. The topological polar surface area (TPSA) is 69.6 Å². The minimum atomic E-state index is -0.147. The third-order valence-corrected chi connectivity index (χ3v) is 2.93. The molecule has 0 aliphatic carbocycles. The number of carbonyl (C=O) groups is 2. The van der Waals surface area contributed by atoms with Crippen LogP contribution in [-0.2, 0) is 16.0 Å². The molecule has 1 aromatic rings. The van der Waals surface area contributed by atoms with Gasteiger partial charge in [0.15, 0.2) is 0 Å². The van der Waals surface area contributed by atoms with Crippen molar-refractivity contribution in [3.63, 3.8) is 0 Å². The summed E-state index contributed by atoms with van der Waals surface area (Å²) in [7, 11) is 0. The number of para-hydroxylation sites is 1. The highest BCUT2D eigenvalue weighted by Gasteiger charge is 2.25. The SMILES string of the molecule is O=C1CN(c2ccccc2CCCO)C(=O)CN1. The second-order valence-electron chi connectivity index (χ2n) is 4.21. The number of amides is 2. The zero-order chi connectivity index (χ0) is 13.0. The molecule has 2 rings (SSSR count). The lowest BCUT2D eigenvalue weighted by Crippen LogP contribution is -2.52. The third kappa shape index (κ3) is 2.68. The van der Waals surface area contributed by atoms with Gasteiger partial charge < -0.3 is 15.3 Å². The number of anilines is 1. The van der Waals surface area contributed by atoms with E-state index < -0.39 is 0 Å². The number of rotatable bonds is 4. The van der Waals surface area contributed by atoms with Gasteiger partial charge in [0.25, 0.3) is 0 Å². The molecule has 0 aromatic heterocycles. The molecule has 0 bridgehead atoms. The van der Waals surface area contributed by atoms with Crippen molar-refractivity contribution in [3.05, 3.63) is 29.8 Å². The van der Waals surface area contributed by atoms with E-state index in [2.05, 4.69) is 5.32 Å². The van der Waals surface area contributed by atoms with Crippen LogP contribution < -0.4 is 10.2 Å². The van der Waals surface area contributed by atoms with E-state index in [1.807, 2.05) is 24.3 Å². The van der Waals surface area contributed by atoms with Gasteiger partial charge in [-0.25, -0.2) is 0 Å². The summed E-state index contributed by atoms with van der Waals surface area (Å²) in [5, 5.41) is 11.4. The Bertz CT molecular complexity index is 459. The minimum Gasteiger partial charge on any atom is -0.396 e. The Balaban J connectivity index is 2.25. The monoisotopic (exact) mass is 248 g/mol. The van der Waals surface area contributed by atoms with Gasteiger partial charge in [-0.05, 0) is 24.5 Å². The normalized spacial score (nSPS) is 15.7. The van der Waals surface area contributed by atoms with Gasteiger partial charge in [0.05, 0.1) is 6.54 Å². The molecular formula is C13H16N2O3. The van der Waals surface area contributed by atoms with Gasteiger partial charge in [0.2, 0.25) is 11.8 Å². The van der Waals surface area contributed by atoms with Gasteiger partial charge >= 0.3 is 0 Å². The average Bonchev–Trinajstić information content (AvgIpc) is 2.39. The minimum absolute atomic E-state index is 0.0488. The molecule has 2 amide bonds. The molecule has 1 saturated heterocycles. The smallest absolute Gasteiger partial charge is 0.246 e. The van der Waals surface area contributed by atoms with Gasteiger partial charge in [-0.3, -0.25) is 9.59 Å². The van der Waals surface area contributed by atoms with E-state index >= 15 is 0 Å². The number of nitrogens with one attached hydrogen (secondary N) is 1. The van der Waals surface area contributed by atoms with Crippen LogP contribution in [0.1, 0.15) is 12.0 Å². The summed E-state index contributed by atoms with van der Waals surface area (Å²) in [6.45, 7) is 0.227. The Kier molecular flexibility index (Phi) is 3.94. The second kappa shape index (κ2) is 5.64. The average molecular weight is 248 g/mol. The molecule has 1 aliphatic rings. The van der Waals surface area contributed by atoms with E-state index in [9.17, 15) is 9.59 Å². The summed E-state index contributed by atoms with van der Waals surface area (Å²) in [6, 6.07) is 7.50. The number of benzene rings is 1. The molecule has 1 heterocycles. The van der Waals surface area contributed by atoms with Crippen LogP contribution in [-0.4, -0.2) is 36.6 Å². The molecule has 0 unspecified atom stereocenters. The predicted octanol–water partition coefficient (Wildman–Crippen LogP) is 0.0743. The Morgan fingerprint density at radius 1 is 1.28 bits per heavy atom. The van der Waals surface area contributed by atoms with Gasteiger partial charge in [-0.2, -0.15) is 0 Å². The lowest BCUT2D eigenvalue weighted by molar-refractivity contribution is -0.128. The zero-order valence-corrected chi connectivity index (χ0v) is 10.1. The number of carbonyl (C=O) groups excluding carboxylic acids is 2. The second-order valence-corrected chi connectivity index (χ2v) is 4.21. The maximum Gasteiger partial charge on any atom is 0.246 e. The van der Waals surface area contributed by atoms with Crippen molar-refractivity contribution >= 4 is 17.5 Å². The van der Waals surface area contributed by atoms with Crippen molar-refractivity contribution in [1.29, 1.82) is 0 Å². The quantitative estimate of drug-likeness (QED) is 0.792. The van der Waals surface area contributed by atoms with Crippen molar-refractivity contribution < 1.29 is 14.7 Å². The van der Waals surface area contributed by atoms with Gasteiger partial charge in [-0.15, -0.1) is 0 Å². The van der Waals surface area contributed by atoms with Crippen LogP contribution in [0.2, 0.25) is 0 Å². The molecule has 0 spiro atoms. The predicted molar refractivity (Wildman–Crippen MR) is 67.2 cm³/mol. The van der Waals surface area contributed by atoms with Crippen molar-refractivity contribution in [2.45, 2.75) is 12.8 Å². The lowest BCUT2D eigenvalue weighted by atomic mass is 10.1. The fourth-order valence-electron chi connectivity index (χ4n) is 2.03. The summed E-state index contributed by atoms with van der Waals surface area (Å²) in [5.74, 6) is -0.252. The van der Waals surface area contributed by atoms with E-state index in [1.165, 1.54) is 4.90 Å². The van der Waals surface area contributed by atoms with E-state index in [0.717, 1.165) is 11.3 Å².